The fraction of sp³-hybridized carbons (Fsp3) is 0.643. The predicted molar refractivity (Wildman–Crippen MR) is 98.2 cm³/mol. The van der Waals surface area contributed by atoms with Crippen LogP contribution in [-0.2, 0) is 19.2 Å². The molecule has 1 aliphatic heterocycles. The van der Waals surface area contributed by atoms with Crippen molar-refractivity contribution in [3.63, 3.8) is 0 Å². The van der Waals surface area contributed by atoms with Crippen molar-refractivity contribution in [2.24, 2.45) is 5.73 Å². The Morgan fingerprint density at radius 3 is 1.29 bits per heavy atom. The molecule has 1 saturated heterocycles. The van der Waals surface area contributed by atoms with E-state index in [-0.39, 0.29) is 81.3 Å². The smallest absolute Gasteiger partial charge is 1.00 e. The molecule has 1 rings (SSSR count). The molecule has 15 nitrogen and oxygen atoms in total. The second-order valence-corrected chi connectivity index (χ2v) is 5.85. The zero-order valence-electron chi connectivity index (χ0n) is 19.5. The van der Waals surface area contributed by atoms with E-state index in [9.17, 15) is 24.0 Å². The zero-order valence-corrected chi connectivity index (χ0v) is 21.5. The van der Waals surface area contributed by atoms with Crippen molar-refractivity contribution in [2.75, 3.05) is 52.4 Å². The third-order valence-corrected chi connectivity index (χ3v) is 3.28. The van der Waals surface area contributed by atoms with E-state index in [1.54, 1.807) is 0 Å². The first-order valence-corrected chi connectivity index (χ1v) is 8.34. The van der Waals surface area contributed by atoms with Crippen molar-refractivity contribution in [1.82, 2.24) is 25.8 Å². The molecule has 1 aliphatic rings. The van der Waals surface area contributed by atoms with Gasteiger partial charge in [0.05, 0.1) is 26.2 Å². The maximum absolute atomic E-state index is 10.6. The van der Waals surface area contributed by atoms with Crippen LogP contribution in [0.5, 0.6) is 0 Å². The van der Waals surface area contributed by atoms with E-state index in [2.05, 4.69) is 16.0 Å². The largest absolute Gasteiger partial charge is 1.00 e. The second kappa shape index (κ2) is 19.7. The van der Waals surface area contributed by atoms with Gasteiger partial charge in [-0.15, -0.1) is 0 Å². The van der Waals surface area contributed by atoms with Gasteiger partial charge in [-0.25, -0.2) is 4.79 Å². The molecule has 2 amide bonds. The molecule has 0 radical (unpaired) electrons. The van der Waals surface area contributed by atoms with Crippen LogP contribution in [-0.4, -0.2) is 119 Å². The van der Waals surface area contributed by atoms with Crippen molar-refractivity contribution in [3.05, 3.63) is 0 Å². The average Bonchev–Trinajstić information content (AvgIpc) is 3.03. The van der Waals surface area contributed by atoms with Crippen molar-refractivity contribution < 1.29 is 106 Å². The number of nitrogens with one attached hydrogen (secondary N) is 3. The van der Waals surface area contributed by atoms with E-state index in [1.807, 2.05) is 0 Å². The van der Waals surface area contributed by atoms with Crippen LogP contribution in [0, 0.1) is 0 Å². The molecule has 0 spiro atoms. The van der Waals surface area contributed by atoms with Crippen LogP contribution in [0.15, 0.2) is 0 Å². The van der Waals surface area contributed by atoms with Gasteiger partial charge in [-0.05, 0) is 0 Å². The van der Waals surface area contributed by atoms with Gasteiger partial charge in [0, 0.05) is 26.2 Å². The van der Waals surface area contributed by atoms with Gasteiger partial charge in [0.2, 0.25) is 0 Å². The summed E-state index contributed by atoms with van der Waals surface area (Å²) in [5.41, 5.74) is 4.84. The Bertz CT molecular complexity index is 536. The number of primary amides is 1. The van der Waals surface area contributed by atoms with Crippen molar-refractivity contribution in [3.8, 4) is 0 Å². The Labute approximate surface area is 225 Å². The number of hydrogen-bond donors (Lipinski definition) is 8. The molecule has 9 N–H and O–H groups in total. The number of carbonyl (C=O) groups is 5. The number of carbonyl (C=O) groups excluding carboxylic acids is 1. The summed E-state index contributed by atoms with van der Waals surface area (Å²) < 4.78 is 0. The minimum atomic E-state index is -1.23. The third kappa shape index (κ3) is 22.0. The summed E-state index contributed by atoms with van der Waals surface area (Å²) in [6, 6.07) is -0.512. The van der Waals surface area contributed by atoms with Gasteiger partial charge in [-0.3, -0.25) is 39.6 Å². The van der Waals surface area contributed by atoms with Gasteiger partial charge in [0.1, 0.15) is 6.29 Å². The van der Waals surface area contributed by atoms with Crippen LogP contribution in [0.3, 0.4) is 0 Å². The molecule has 0 aromatic rings. The number of amides is 2. The van der Waals surface area contributed by atoms with Crippen LogP contribution in [0.2, 0.25) is 0 Å². The van der Waals surface area contributed by atoms with Gasteiger partial charge in [-0.2, -0.15) is 0 Å². The predicted octanol–water partition coefficient (Wildman–Crippen LogP) is -9.71. The first-order valence-electron chi connectivity index (χ1n) is 8.34. The minimum Gasteiger partial charge on any atom is -1.00 e. The Balaban J connectivity index is -0.000000171. The molecular formula is C14H28N6Na2O9. The normalized spacial score (nSPS) is 12.7. The van der Waals surface area contributed by atoms with Gasteiger partial charge >= 0.3 is 89.0 Å². The van der Waals surface area contributed by atoms with E-state index < -0.39 is 56.1 Å². The molecule has 0 bridgehead atoms. The first-order chi connectivity index (χ1) is 13.5. The van der Waals surface area contributed by atoms with Gasteiger partial charge in [0.25, 0.3) is 0 Å². The number of carboxylic acids is 4. The van der Waals surface area contributed by atoms with E-state index in [4.69, 9.17) is 26.2 Å². The summed E-state index contributed by atoms with van der Waals surface area (Å²) in [5, 5.41) is 42.9. The van der Waals surface area contributed by atoms with E-state index in [1.165, 1.54) is 0 Å². The van der Waals surface area contributed by atoms with E-state index in [0.717, 1.165) is 22.9 Å². The molecule has 31 heavy (non-hydrogen) atoms. The van der Waals surface area contributed by atoms with Crippen molar-refractivity contribution in [2.45, 2.75) is 6.29 Å². The first kappa shape index (κ1) is 34.6. The summed E-state index contributed by atoms with van der Waals surface area (Å²) in [7, 11) is 0. The number of hydrogen-bond acceptors (Lipinski definition) is 9. The van der Waals surface area contributed by atoms with Crippen LogP contribution in [0.4, 0.5) is 4.79 Å². The molecule has 170 valence electrons. The minimum absolute atomic E-state index is 0. The third-order valence-electron chi connectivity index (χ3n) is 3.28. The molecule has 0 aliphatic carbocycles. The van der Waals surface area contributed by atoms with Crippen LogP contribution in [0.25, 0.3) is 0 Å². The fourth-order valence-corrected chi connectivity index (χ4v) is 2.23. The molecule has 0 saturated carbocycles. The Morgan fingerprint density at radius 2 is 1.06 bits per heavy atom. The molecule has 0 aromatic heterocycles. The van der Waals surface area contributed by atoms with Gasteiger partial charge < -0.3 is 34.3 Å². The van der Waals surface area contributed by atoms with Crippen molar-refractivity contribution in [1.29, 1.82) is 0 Å². The van der Waals surface area contributed by atoms with Crippen LogP contribution < -0.4 is 80.8 Å². The molecule has 0 aromatic carbocycles. The summed E-state index contributed by atoms with van der Waals surface area (Å²) in [5.74, 6) is -4.91. The molecule has 1 heterocycles. The van der Waals surface area contributed by atoms with Crippen LogP contribution in [0.1, 0.15) is 2.85 Å². The van der Waals surface area contributed by atoms with Gasteiger partial charge in [-0.1, -0.05) is 0 Å². The fourth-order valence-electron chi connectivity index (χ4n) is 2.23. The average molecular weight is 470 g/mol. The number of urea groups is 1. The molecule has 1 fully saturated rings. The Kier molecular flexibility index (Phi) is 21.9. The number of carboxylic acid groups (broad SMARTS) is 4. The number of nitrogens with two attached hydrogens (primary N) is 1. The summed E-state index contributed by atoms with van der Waals surface area (Å²) in [6.07, 6.45) is -0.137. The summed E-state index contributed by atoms with van der Waals surface area (Å²) in [4.78, 5) is 54.5. The topological polar surface area (TPSA) is 235 Å². The Hall–Kier alpha value is -1.01. The summed E-state index contributed by atoms with van der Waals surface area (Å²) in [6.45, 7) is -0.519. The number of nitrogens with zero attached hydrogens (tertiary/aromatic N) is 2. The SMILES string of the molecule is NC(=O)NC1NCCN1.O=C(O)CN(CCN(CC(=O)O)CC(=O)O)CC(=O)O.[H-].[H-].[Na+].[Na+]. The van der Waals surface area contributed by atoms with E-state index >= 15 is 0 Å². The van der Waals surface area contributed by atoms with Crippen molar-refractivity contribution >= 4 is 29.9 Å². The van der Waals surface area contributed by atoms with Crippen LogP contribution >= 0.6 is 0 Å². The standard InChI is InChI=1S/C10H16N2O8.C4H10N4O.2Na.2H/c13-7(14)3-11(4-8(15)16)1-2-12(5-9(17)18)6-10(19)20;5-3(9)8-4-6-1-2-7-4;;;;/h1-6H2,(H,13,14)(H,15,16)(H,17,18)(H,19,20);4,6-7H,1-2H2,(H3,5,8,9);;;;/q;;2*+1;2*-1. The molecule has 17 heteroatoms. The molecule has 0 unspecified atom stereocenters. The number of aliphatic carboxylic acids is 4. The zero-order chi connectivity index (χ0) is 22.4. The van der Waals surface area contributed by atoms with Gasteiger partial charge in [0.15, 0.2) is 0 Å². The summed E-state index contributed by atoms with van der Waals surface area (Å²) >= 11 is 0. The number of rotatable bonds is 12. The second-order valence-electron chi connectivity index (χ2n) is 5.85. The molecule has 0 atom stereocenters. The Morgan fingerprint density at radius 1 is 0.774 bits per heavy atom. The quantitative estimate of drug-likeness (QED) is 0.124. The maximum Gasteiger partial charge on any atom is 1.00 e. The molecular weight excluding hydrogens is 442 g/mol. The monoisotopic (exact) mass is 470 g/mol. The van der Waals surface area contributed by atoms with E-state index in [0.29, 0.717) is 0 Å². The maximum atomic E-state index is 10.6.